The Hall–Kier alpha value is -1.12. The SMILES string of the molecule is C=C=CC#CN. The van der Waals surface area contributed by atoms with Gasteiger partial charge in [-0.3, -0.25) is 0 Å². The first-order valence-corrected chi connectivity index (χ1v) is 1.47. The van der Waals surface area contributed by atoms with Gasteiger partial charge in [0.15, 0.2) is 0 Å². The molecule has 0 radical (unpaired) electrons. The van der Waals surface area contributed by atoms with Gasteiger partial charge in [-0.2, -0.15) is 0 Å². The van der Waals surface area contributed by atoms with Crippen LogP contribution in [0.1, 0.15) is 0 Å². The zero-order valence-electron chi connectivity index (χ0n) is 3.36. The van der Waals surface area contributed by atoms with E-state index in [0.717, 1.165) is 0 Å². The lowest BCUT2D eigenvalue weighted by Crippen LogP contribution is -1.72. The molecule has 0 atom stereocenters. The average molecular weight is 79.1 g/mol. The van der Waals surface area contributed by atoms with Crippen LogP contribution in [0.5, 0.6) is 0 Å². The molecular weight excluding hydrogens is 74.1 g/mol. The van der Waals surface area contributed by atoms with Crippen molar-refractivity contribution in [2.24, 2.45) is 5.73 Å². The molecule has 30 valence electrons. The molecule has 1 heteroatoms. The number of hydrogen-bond acceptors (Lipinski definition) is 1. The van der Waals surface area contributed by atoms with E-state index in [2.05, 4.69) is 24.3 Å². The second kappa shape index (κ2) is 3.88. The Bertz CT molecular complexity index is 119. The van der Waals surface area contributed by atoms with Gasteiger partial charge in [0.1, 0.15) is 0 Å². The molecular formula is C5H5N. The molecule has 2 N–H and O–H groups in total. The zero-order chi connectivity index (χ0) is 4.83. The zero-order valence-corrected chi connectivity index (χ0v) is 3.36. The highest BCUT2D eigenvalue weighted by molar-refractivity contribution is 5.11. The minimum atomic E-state index is 1.46. The van der Waals surface area contributed by atoms with Crippen molar-refractivity contribution in [3.63, 3.8) is 0 Å². The fraction of sp³-hybridized carbons (Fsp3) is 0. The minimum absolute atomic E-state index is 1.46. The van der Waals surface area contributed by atoms with Crippen LogP contribution in [0.3, 0.4) is 0 Å². The Labute approximate surface area is 37.2 Å². The fourth-order valence-electron chi connectivity index (χ4n) is 0.0927. The van der Waals surface area contributed by atoms with E-state index in [0.29, 0.717) is 0 Å². The maximum Gasteiger partial charge on any atom is 0.0314 e. The summed E-state index contributed by atoms with van der Waals surface area (Å²) in [6.07, 6.45) is 1.46. The first-order chi connectivity index (χ1) is 2.91. The quantitative estimate of drug-likeness (QED) is 0.251. The number of hydrogen-bond donors (Lipinski definition) is 1. The highest BCUT2D eigenvalue weighted by Gasteiger charge is 1.41. The second-order valence-electron chi connectivity index (χ2n) is 0.637. The van der Waals surface area contributed by atoms with Crippen molar-refractivity contribution in [2.75, 3.05) is 0 Å². The highest BCUT2D eigenvalue weighted by Crippen LogP contribution is 1.50. The van der Waals surface area contributed by atoms with E-state index in [1.165, 1.54) is 6.08 Å². The van der Waals surface area contributed by atoms with Crippen molar-refractivity contribution in [3.05, 3.63) is 18.4 Å². The van der Waals surface area contributed by atoms with Crippen molar-refractivity contribution in [3.8, 4) is 12.0 Å². The van der Waals surface area contributed by atoms with Crippen LogP contribution in [0.4, 0.5) is 0 Å². The highest BCUT2D eigenvalue weighted by atomic mass is 14.4. The fourth-order valence-corrected chi connectivity index (χ4v) is 0.0927. The smallest absolute Gasteiger partial charge is 0.0314 e. The maximum atomic E-state index is 4.75. The molecule has 0 rings (SSSR count). The van der Waals surface area contributed by atoms with Gasteiger partial charge in [-0.15, -0.1) is 5.73 Å². The van der Waals surface area contributed by atoms with Gasteiger partial charge in [0, 0.05) is 12.1 Å². The molecule has 0 aliphatic rings. The Morgan fingerprint density at radius 2 is 2.33 bits per heavy atom. The summed E-state index contributed by atoms with van der Waals surface area (Å²) in [7, 11) is 0. The van der Waals surface area contributed by atoms with Crippen LogP contribution in [0.15, 0.2) is 18.4 Å². The average Bonchev–Trinajstić information content (AvgIpc) is 1.61. The Balaban J connectivity index is 3.53. The molecule has 0 aromatic heterocycles. The van der Waals surface area contributed by atoms with E-state index in [1.54, 1.807) is 0 Å². The molecule has 0 amide bonds. The molecule has 0 heterocycles. The van der Waals surface area contributed by atoms with Gasteiger partial charge in [0.25, 0.3) is 0 Å². The lowest BCUT2D eigenvalue weighted by molar-refractivity contribution is 1.74. The first-order valence-electron chi connectivity index (χ1n) is 1.47. The third-order valence-corrected chi connectivity index (χ3v) is 0.258. The predicted octanol–water partition coefficient (Wildman–Crippen LogP) is 0.247. The van der Waals surface area contributed by atoms with Crippen LogP contribution in [-0.4, -0.2) is 0 Å². The van der Waals surface area contributed by atoms with Gasteiger partial charge in [-0.05, 0) is 5.92 Å². The molecule has 0 spiro atoms. The lowest BCUT2D eigenvalue weighted by atomic mass is 10.6. The predicted molar refractivity (Wildman–Crippen MR) is 25.7 cm³/mol. The van der Waals surface area contributed by atoms with Gasteiger partial charge >= 0.3 is 0 Å². The summed E-state index contributed by atoms with van der Waals surface area (Å²) < 4.78 is 0. The molecule has 0 unspecified atom stereocenters. The normalized spacial score (nSPS) is 4.00. The molecule has 0 aromatic carbocycles. The monoisotopic (exact) mass is 79.0 g/mol. The van der Waals surface area contributed by atoms with E-state index in [1.807, 2.05) is 0 Å². The van der Waals surface area contributed by atoms with Gasteiger partial charge in [-0.25, -0.2) is 0 Å². The molecule has 6 heavy (non-hydrogen) atoms. The molecule has 0 aliphatic heterocycles. The summed E-state index contributed by atoms with van der Waals surface area (Å²) in [5, 5.41) is 0. The van der Waals surface area contributed by atoms with E-state index in [-0.39, 0.29) is 0 Å². The van der Waals surface area contributed by atoms with E-state index < -0.39 is 0 Å². The Morgan fingerprint density at radius 1 is 1.67 bits per heavy atom. The maximum absolute atomic E-state index is 4.75. The number of nitrogens with two attached hydrogens (primary N) is 1. The number of allylic oxidation sites excluding steroid dienone is 1. The molecule has 0 aromatic rings. The van der Waals surface area contributed by atoms with Crippen LogP contribution in [0.25, 0.3) is 0 Å². The third-order valence-electron chi connectivity index (χ3n) is 0.258. The van der Waals surface area contributed by atoms with Gasteiger partial charge < -0.3 is 5.73 Å². The van der Waals surface area contributed by atoms with E-state index in [4.69, 9.17) is 5.73 Å². The molecule has 1 nitrogen and oxygen atoms in total. The van der Waals surface area contributed by atoms with Crippen molar-refractivity contribution < 1.29 is 0 Å². The summed E-state index contributed by atoms with van der Waals surface area (Å²) in [6, 6.07) is 2.16. The van der Waals surface area contributed by atoms with Gasteiger partial charge in [-0.1, -0.05) is 6.58 Å². The largest absolute Gasteiger partial charge is 0.359 e. The minimum Gasteiger partial charge on any atom is -0.359 e. The molecule has 0 aliphatic carbocycles. The topological polar surface area (TPSA) is 26.0 Å². The lowest BCUT2D eigenvalue weighted by Gasteiger charge is -1.51. The van der Waals surface area contributed by atoms with Gasteiger partial charge in [0.2, 0.25) is 0 Å². The van der Waals surface area contributed by atoms with Crippen LogP contribution in [0, 0.1) is 12.0 Å². The van der Waals surface area contributed by atoms with Crippen LogP contribution in [-0.2, 0) is 0 Å². The Morgan fingerprint density at radius 3 is 2.50 bits per heavy atom. The molecule has 0 bridgehead atoms. The van der Waals surface area contributed by atoms with Gasteiger partial charge in [0.05, 0.1) is 0 Å². The summed E-state index contributed by atoms with van der Waals surface area (Å²) in [4.78, 5) is 0. The first kappa shape index (κ1) is 4.88. The van der Waals surface area contributed by atoms with Crippen LogP contribution >= 0.6 is 0 Å². The molecule has 0 saturated heterocycles. The van der Waals surface area contributed by atoms with Crippen LogP contribution < -0.4 is 5.73 Å². The molecule has 0 saturated carbocycles. The van der Waals surface area contributed by atoms with E-state index in [9.17, 15) is 0 Å². The summed E-state index contributed by atoms with van der Waals surface area (Å²) in [6.45, 7) is 3.26. The summed E-state index contributed by atoms with van der Waals surface area (Å²) in [5.41, 5.74) is 7.19. The van der Waals surface area contributed by atoms with Crippen molar-refractivity contribution >= 4 is 0 Å². The van der Waals surface area contributed by atoms with Crippen molar-refractivity contribution in [1.29, 1.82) is 0 Å². The summed E-state index contributed by atoms with van der Waals surface area (Å²) in [5.74, 6) is 2.43. The Kier molecular flexibility index (Phi) is 3.16. The summed E-state index contributed by atoms with van der Waals surface area (Å²) >= 11 is 0. The standard InChI is InChI=1S/C5H5N/c1-2-3-4-5-6/h3H,1,6H2. The van der Waals surface area contributed by atoms with Crippen LogP contribution in [0.2, 0.25) is 0 Å². The second-order valence-corrected chi connectivity index (χ2v) is 0.637. The number of rotatable bonds is 0. The van der Waals surface area contributed by atoms with Crippen molar-refractivity contribution in [2.45, 2.75) is 0 Å². The molecule has 0 fully saturated rings. The third kappa shape index (κ3) is 2.88. The van der Waals surface area contributed by atoms with Crippen molar-refractivity contribution in [1.82, 2.24) is 0 Å². The van der Waals surface area contributed by atoms with E-state index >= 15 is 0 Å².